The van der Waals surface area contributed by atoms with Crippen molar-refractivity contribution in [2.24, 2.45) is 11.1 Å². The fourth-order valence-corrected chi connectivity index (χ4v) is 3.13. The second-order valence-corrected chi connectivity index (χ2v) is 6.25. The lowest BCUT2D eigenvalue weighted by Gasteiger charge is -2.15. The zero-order valence-corrected chi connectivity index (χ0v) is 13.4. The highest BCUT2D eigenvalue weighted by atomic mass is 79.9. The number of nitrogens with zero attached hydrogens (tertiary/aromatic N) is 2. The Morgan fingerprint density at radius 3 is 2.35 bits per heavy atom. The predicted octanol–water partition coefficient (Wildman–Crippen LogP) is 2.74. The third-order valence-electron chi connectivity index (χ3n) is 3.97. The van der Waals surface area contributed by atoms with Gasteiger partial charge in [0.15, 0.2) is 0 Å². The number of rotatable bonds is 2. The summed E-state index contributed by atoms with van der Waals surface area (Å²) in [6.45, 7) is 0. The Morgan fingerprint density at radius 2 is 1.65 bits per heavy atom. The number of oxime groups is 1. The van der Waals surface area contributed by atoms with Crippen LogP contribution in [0.3, 0.4) is 0 Å². The molecule has 0 radical (unpaired) electrons. The molecule has 0 aromatic heterocycles. The minimum absolute atomic E-state index is 0.301. The van der Waals surface area contributed by atoms with E-state index in [0.717, 1.165) is 10.0 Å². The van der Waals surface area contributed by atoms with Gasteiger partial charge in [0.1, 0.15) is 11.6 Å². The van der Waals surface area contributed by atoms with Gasteiger partial charge < -0.3 is 4.84 Å². The average Bonchev–Trinajstić information content (AvgIpc) is 3.10. The number of hydrogen-bond donors (Lipinski definition) is 0. The fourth-order valence-electron chi connectivity index (χ4n) is 2.87. The van der Waals surface area contributed by atoms with Gasteiger partial charge in [0.05, 0.1) is 5.69 Å². The molecule has 2 aromatic rings. The van der Waals surface area contributed by atoms with Gasteiger partial charge in [-0.3, -0.25) is 9.59 Å². The minimum atomic E-state index is -0.874. The summed E-state index contributed by atoms with van der Waals surface area (Å²) in [7, 11) is 0. The summed E-state index contributed by atoms with van der Waals surface area (Å²) in [5.74, 6) is -1.36. The Labute approximate surface area is 140 Å². The molecule has 0 spiro atoms. The van der Waals surface area contributed by atoms with E-state index in [1.165, 1.54) is 4.90 Å². The van der Waals surface area contributed by atoms with E-state index in [0.29, 0.717) is 11.4 Å². The first-order chi connectivity index (χ1) is 11.2. The van der Waals surface area contributed by atoms with Crippen LogP contribution < -0.4 is 4.90 Å². The normalized spacial score (nSPS) is 22.8. The minimum Gasteiger partial charge on any atom is -0.381 e. The van der Waals surface area contributed by atoms with Crippen molar-refractivity contribution in [1.29, 1.82) is 0 Å². The van der Waals surface area contributed by atoms with Crippen molar-refractivity contribution >= 4 is 39.1 Å². The van der Waals surface area contributed by atoms with E-state index in [-0.39, 0.29) is 11.8 Å². The number of carbonyl (C=O) groups excluding carboxylic acids is 2. The second-order valence-electron chi connectivity index (χ2n) is 5.33. The highest BCUT2D eigenvalue weighted by Crippen LogP contribution is 2.35. The maximum atomic E-state index is 12.8. The summed E-state index contributed by atoms with van der Waals surface area (Å²) in [6, 6.07) is 16.3. The summed E-state index contributed by atoms with van der Waals surface area (Å²) >= 11 is 3.37. The van der Waals surface area contributed by atoms with Crippen molar-refractivity contribution < 1.29 is 14.4 Å². The number of carbonyl (C=O) groups is 2. The Morgan fingerprint density at radius 1 is 0.957 bits per heavy atom. The quantitative estimate of drug-likeness (QED) is 0.763. The van der Waals surface area contributed by atoms with Crippen molar-refractivity contribution in [2.75, 3.05) is 4.90 Å². The van der Waals surface area contributed by atoms with Crippen molar-refractivity contribution in [3.8, 4) is 0 Å². The highest BCUT2D eigenvalue weighted by molar-refractivity contribution is 9.10. The first-order valence-electron chi connectivity index (χ1n) is 7.09. The van der Waals surface area contributed by atoms with Crippen molar-refractivity contribution in [1.82, 2.24) is 0 Å². The van der Waals surface area contributed by atoms with E-state index >= 15 is 0 Å². The summed E-state index contributed by atoms with van der Waals surface area (Å²) in [6.07, 6.45) is -0.874. The third kappa shape index (κ3) is 2.17. The van der Waals surface area contributed by atoms with Crippen LogP contribution in [0.5, 0.6) is 0 Å². The number of imide groups is 1. The van der Waals surface area contributed by atoms with Crippen LogP contribution in [0.25, 0.3) is 0 Å². The van der Waals surface area contributed by atoms with Gasteiger partial charge in [-0.05, 0) is 24.3 Å². The molecule has 4 rings (SSSR count). The monoisotopic (exact) mass is 370 g/mol. The lowest BCUT2D eigenvalue weighted by atomic mass is 9.94. The third-order valence-corrected chi connectivity index (χ3v) is 4.50. The van der Waals surface area contributed by atoms with Gasteiger partial charge in [-0.25, -0.2) is 4.90 Å². The van der Waals surface area contributed by atoms with E-state index < -0.39 is 12.0 Å². The first kappa shape index (κ1) is 14.1. The summed E-state index contributed by atoms with van der Waals surface area (Å²) < 4.78 is 0.928. The molecule has 5 nitrogen and oxygen atoms in total. The van der Waals surface area contributed by atoms with E-state index in [9.17, 15) is 9.59 Å². The smallest absolute Gasteiger partial charge is 0.278 e. The second kappa shape index (κ2) is 5.31. The van der Waals surface area contributed by atoms with E-state index in [2.05, 4.69) is 21.1 Å². The first-order valence-corrected chi connectivity index (χ1v) is 7.88. The van der Waals surface area contributed by atoms with Crippen LogP contribution in [-0.4, -0.2) is 23.6 Å². The van der Waals surface area contributed by atoms with Crippen LogP contribution in [0.15, 0.2) is 64.2 Å². The molecular formula is C17H11BrN2O3. The lowest BCUT2D eigenvalue weighted by Crippen LogP contribution is -2.33. The lowest BCUT2D eigenvalue weighted by molar-refractivity contribution is -0.126. The molecule has 0 bridgehead atoms. The Balaban J connectivity index is 1.71. The molecule has 23 heavy (non-hydrogen) atoms. The van der Waals surface area contributed by atoms with Gasteiger partial charge in [0.2, 0.25) is 12.0 Å². The van der Waals surface area contributed by atoms with Gasteiger partial charge in [-0.2, -0.15) is 0 Å². The Bertz CT molecular complexity index is 817. The summed E-state index contributed by atoms with van der Waals surface area (Å²) in [5, 5.41) is 3.98. The molecule has 0 saturated carbocycles. The number of halogens is 1. The average molecular weight is 371 g/mol. The number of para-hydroxylation sites is 1. The van der Waals surface area contributed by atoms with E-state index in [1.807, 2.05) is 30.3 Å². The molecule has 0 unspecified atom stereocenters. The molecule has 114 valence electrons. The molecule has 2 heterocycles. The van der Waals surface area contributed by atoms with Gasteiger partial charge in [0.25, 0.3) is 5.91 Å². The molecule has 2 aliphatic rings. The largest absolute Gasteiger partial charge is 0.381 e. The molecule has 2 aromatic carbocycles. The van der Waals surface area contributed by atoms with Crippen LogP contribution in [0.4, 0.5) is 5.69 Å². The van der Waals surface area contributed by atoms with E-state index in [1.54, 1.807) is 24.3 Å². The Hall–Kier alpha value is -2.47. The van der Waals surface area contributed by atoms with Crippen LogP contribution >= 0.6 is 15.9 Å². The summed E-state index contributed by atoms with van der Waals surface area (Å²) in [4.78, 5) is 31.8. The number of fused-ring (bicyclic) bond motifs is 1. The topological polar surface area (TPSA) is 59.0 Å². The van der Waals surface area contributed by atoms with Crippen LogP contribution in [0, 0.1) is 5.92 Å². The van der Waals surface area contributed by atoms with Gasteiger partial charge in [-0.1, -0.05) is 51.4 Å². The molecular weight excluding hydrogens is 360 g/mol. The number of amides is 2. The van der Waals surface area contributed by atoms with Crippen molar-refractivity contribution in [3.63, 3.8) is 0 Å². The molecule has 1 saturated heterocycles. The molecule has 0 aliphatic carbocycles. The predicted molar refractivity (Wildman–Crippen MR) is 88.0 cm³/mol. The van der Waals surface area contributed by atoms with Crippen molar-refractivity contribution in [2.45, 2.75) is 6.10 Å². The molecule has 0 N–H and O–H groups in total. The zero-order valence-electron chi connectivity index (χ0n) is 11.8. The maximum absolute atomic E-state index is 12.8. The van der Waals surface area contributed by atoms with E-state index in [4.69, 9.17) is 4.84 Å². The number of hydrogen-bond acceptors (Lipinski definition) is 4. The maximum Gasteiger partial charge on any atom is 0.278 e. The standard InChI is InChI=1S/C17H11BrN2O3/c18-11-8-6-10(7-9-11)14-13-15(23-19-14)17(22)20(16(13)21)12-4-2-1-3-5-12/h1-9,13,15H/t13-,15+/m0/s1. The van der Waals surface area contributed by atoms with Gasteiger partial charge in [-0.15, -0.1) is 0 Å². The molecule has 6 heteroatoms. The SMILES string of the molecule is O=C1[C@H]2C(c3ccc(Br)cc3)=NO[C@H]2C(=O)N1c1ccccc1. The molecule has 2 amide bonds. The summed E-state index contributed by atoms with van der Waals surface area (Å²) in [5.41, 5.74) is 1.83. The molecule has 2 atom stereocenters. The van der Waals surface area contributed by atoms with Gasteiger partial charge in [0, 0.05) is 10.0 Å². The Kier molecular flexibility index (Phi) is 3.27. The van der Waals surface area contributed by atoms with Gasteiger partial charge >= 0.3 is 0 Å². The molecule has 2 aliphatic heterocycles. The fraction of sp³-hybridized carbons (Fsp3) is 0.118. The molecule has 1 fully saturated rings. The van der Waals surface area contributed by atoms with Crippen LogP contribution in [0.1, 0.15) is 5.56 Å². The van der Waals surface area contributed by atoms with Crippen LogP contribution in [0.2, 0.25) is 0 Å². The van der Waals surface area contributed by atoms with Crippen molar-refractivity contribution in [3.05, 3.63) is 64.6 Å². The number of benzene rings is 2. The highest BCUT2D eigenvalue weighted by Gasteiger charge is 2.56. The van der Waals surface area contributed by atoms with Crippen LogP contribution in [-0.2, 0) is 14.4 Å². The zero-order chi connectivity index (χ0) is 16.0. The number of anilines is 1.